The standard InChI is InChI=1S/C14H15BrN4O2/c15-9-1-2-12-11(5-9)14(21)19(8-17-12)7-13(20)18-4-3-10(16)6-18/h1-2,5,8,10H,3-4,6-7,16H2/t10-/m1/s1. The maximum atomic E-state index is 12.4. The van der Waals surface area contributed by atoms with Crippen LogP contribution < -0.4 is 11.3 Å². The minimum absolute atomic E-state index is 0.000999. The lowest BCUT2D eigenvalue weighted by Crippen LogP contribution is -2.36. The van der Waals surface area contributed by atoms with Crippen LogP contribution in [0.25, 0.3) is 10.9 Å². The number of nitrogens with zero attached hydrogens (tertiary/aromatic N) is 3. The Hall–Kier alpha value is -1.73. The van der Waals surface area contributed by atoms with E-state index in [9.17, 15) is 9.59 Å². The highest BCUT2D eigenvalue weighted by molar-refractivity contribution is 9.10. The summed E-state index contributed by atoms with van der Waals surface area (Å²) < 4.78 is 2.16. The molecule has 7 heteroatoms. The lowest BCUT2D eigenvalue weighted by molar-refractivity contribution is -0.130. The summed E-state index contributed by atoms with van der Waals surface area (Å²) in [6.45, 7) is 1.21. The maximum absolute atomic E-state index is 12.4. The predicted octanol–water partition coefficient (Wildman–Crippen LogP) is 0.719. The van der Waals surface area contributed by atoms with Crippen molar-refractivity contribution in [2.75, 3.05) is 13.1 Å². The van der Waals surface area contributed by atoms with Crippen LogP contribution in [0, 0.1) is 0 Å². The van der Waals surface area contributed by atoms with Crippen molar-refractivity contribution in [3.05, 3.63) is 39.4 Å². The number of amides is 1. The van der Waals surface area contributed by atoms with Crippen LogP contribution in [0.4, 0.5) is 0 Å². The fraction of sp³-hybridized carbons (Fsp3) is 0.357. The number of benzene rings is 1. The number of halogens is 1. The summed E-state index contributed by atoms with van der Waals surface area (Å²) in [5.74, 6) is -0.0961. The number of fused-ring (bicyclic) bond motifs is 1. The molecule has 0 unspecified atom stereocenters. The zero-order chi connectivity index (χ0) is 15.0. The van der Waals surface area contributed by atoms with Gasteiger partial charge in [-0.3, -0.25) is 14.2 Å². The first-order chi connectivity index (χ1) is 10.0. The van der Waals surface area contributed by atoms with Gasteiger partial charge in [0.05, 0.1) is 17.2 Å². The minimum atomic E-state index is -0.210. The molecule has 1 aliphatic heterocycles. The highest BCUT2D eigenvalue weighted by atomic mass is 79.9. The zero-order valence-electron chi connectivity index (χ0n) is 11.3. The van der Waals surface area contributed by atoms with E-state index in [0.717, 1.165) is 10.9 Å². The van der Waals surface area contributed by atoms with Gasteiger partial charge in [0.25, 0.3) is 5.56 Å². The number of nitrogens with two attached hydrogens (primary N) is 1. The molecule has 2 N–H and O–H groups in total. The van der Waals surface area contributed by atoms with Crippen molar-refractivity contribution in [3.63, 3.8) is 0 Å². The number of carbonyl (C=O) groups is 1. The summed E-state index contributed by atoms with van der Waals surface area (Å²) in [6, 6.07) is 5.36. The molecular formula is C14H15BrN4O2. The molecule has 1 atom stereocenters. The molecule has 0 saturated carbocycles. The summed E-state index contributed by atoms with van der Waals surface area (Å²) >= 11 is 3.34. The molecule has 2 aromatic rings. The highest BCUT2D eigenvalue weighted by Crippen LogP contribution is 2.15. The normalized spacial score (nSPS) is 18.4. The van der Waals surface area contributed by atoms with Crippen molar-refractivity contribution in [1.29, 1.82) is 0 Å². The number of aromatic nitrogens is 2. The molecule has 0 spiro atoms. The lowest BCUT2D eigenvalue weighted by atomic mass is 10.2. The molecular weight excluding hydrogens is 336 g/mol. The smallest absolute Gasteiger partial charge is 0.261 e. The van der Waals surface area contributed by atoms with Crippen LogP contribution in [0.5, 0.6) is 0 Å². The quantitative estimate of drug-likeness (QED) is 0.865. The third-order valence-corrected chi connectivity index (χ3v) is 4.16. The largest absolute Gasteiger partial charge is 0.340 e. The minimum Gasteiger partial charge on any atom is -0.340 e. The highest BCUT2D eigenvalue weighted by Gasteiger charge is 2.23. The van der Waals surface area contributed by atoms with Crippen molar-refractivity contribution >= 4 is 32.7 Å². The average Bonchev–Trinajstić information content (AvgIpc) is 2.89. The number of hydrogen-bond acceptors (Lipinski definition) is 4. The van der Waals surface area contributed by atoms with E-state index in [1.165, 1.54) is 10.9 Å². The van der Waals surface area contributed by atoms with Gasteiger partial charge in [-0.15, -0.1) is 0 Å². The van der Waals surface area contributed by atoms with E-state index >= 15 is 0 Å². The number of carbonyl (C=O) groups excluding carboxylic acids is 1. The Labute approximate surface area is 129 Å². The summed E-state index contributed by atoms with van der Waals surface area (Å²) in [5, 5.41) is 0.498. The first kappa shape index (κ1) is 14.2. The predicted molar refractivity (Wildman–Crippen MR) is 82.9 cm³/mol. The van der Waals surface area contributed by atoms with Gasteiger partial charge in [-0.2, -0.15) is 0 Å². The van der Waals surface area contributed by atoms with Gasteiger partial charge in [0, 0.05) is 23.6 Å². The third-order valence-electron chi connectivity index (χ3n) is 3.67. The van der Waals surface area contributed by atoms with Crippen LogP contribution in [0.1, 0.15) is 6.42 Å². The van der Waals surface area contributed by atoms with E-state index in [4.69, 9.17) is 5.73 Å². The van der Waals surface area contributed by atoms with Gasteiger partial charge in [-0.05, 0) is 24.6 Å². The van der Waals surface area contributed by atoms with E-state index < -0.39 is 0 Å². The summed E-state index contributed by atoms with van der Waals surface area (Å²) in [4.78, 5) is 30.5. The van der Waals surface area contributed by atoms with E-state index in [2.05, 4.69) is 20.9 Å². The molecule has 1 amide bonds. The molecule has 1 fully saturated rings. The van der Waals surface area contributed by atoms with Gasteiger partial charge in [0.2, 0.25) is 5.91 Å². The van der Waals surface area contributed by atoms with Crippen molar-refractivity contribution in [2.45, 2.75) is 19.0 Å². The molecule has 1 aliphatic rings. The molecule has 2 heterocycles. The topological polar surface area (TPSA) is 81.2 Å². The zero-order valence-corrected chi connectivity index (χ0v) is 12.9. The second-order valence-corrected chi connectivity index (χ2v) is 6.14. The van der Waals surface area contributed by atoms with Gasteiger partial charge < -0.3 is 10.6 Å². The fourth-order valence-corrected chi connectivity index (χ4v) is 2.86. The van der Waals surface area contributed by atoms with Crippen LogP contribution in [-0.2, 0) is 11.3 Å². The molecule has 21 heavy (non-hydrogen) atoms. The average molecular weight is 351 g/mol. The van der Waals surface area contributed by atoms with E-state index in [1.54, 1.807) is 17.0 Å². The molecule has 6 nitrogen and oxygen atoms in total. The molecule has 1 saturated heterocycles. The Bertz CT molecular complexity index is 758. The van der Waals surface area contributed by atoms with E-state index in [-0.39, 0.29) is 24.1 Å². The summed E-state index contributed by atoms with van der Waals surface area (Å²) in [6.07, 6.45) is 2.23. The van der Waals surface area contributed by atoms with Gasteiger partial charge in [0.1, 0.15) is 6.54 Å². The van der Waals surface area contributed by atoms with Crippen molar-refractivity contribution in [3.8, 4) is 0 Å². The fourth-order valence-electron chi connectivity index (χ4n) is 2.50. The Morgan fingerprint density at radius 3 is 3.00 bits per heavy atom. The second-order valence-electron chi connectivity index (χ2n) is 5.23. The Morgan fingerprint density at radius 1 is 1.48 bits per heavy atom. The van der Waals surface area contributed by atoms with E-state index in [0.29, 0.717) is 24.0 Å². The first-order valence-electron chi connectivity index (χ1n) is 6.72. The van der Waals surface area contributed by atoms with Crippen molar-refractivity contribution in [1.82, 2.24) is 14.5 Å². The van der Waals surface area contributed by atoms with Crippen LogP contribution in [0.2, 0.25) is 0 Å². The molecule has 0 radical (unpaired) electrons. The summed E-state index contributed by atoms with van der Waals surface area (Å²) in [5.41, 5.74) is 6.21. The Balaban J connectivity index is 1.89. The van der Waals surface area contributed by atoms with Crippen LogP contribution in [0.3, 0.4) is 0 Å². The molecule has 0 aliphatic carbocycles. The number of hydrogen-bond donors (Lipinski definition) is 1. The SMILES string of the molecule is N[C@@H]1CCN(C(=O)Cn2cnc3ccc(Br)cc3c2=O)C1. The van der Waals surface area contributed by atoms with Crippen LogP contribution >= 0.6 is 15.9 Å². The lowest BCUT2D eigenvalue weighted by Gasteiger charge is -2.16. The van der Waals surface area contributed by atoms with Crippen LogP contribution in [-0.4, -0.2) is 39.5 Å². The molecule has 1 aromatic heterocycles. The van der Waals surface area contributed by atoms with Gasteiger partial charge >= 0.3 is 0 Å². The van der Waals surface area contributed by atoms with Crippen LogP contribution in [0.15, 0.2) is 33.8 Å². The molecule has 0 bridgehead atoms. The second kappa shape index (κ2) is 5.57. The molecule has 1 aromatic carbocycles. The maximum Gasteiger partial charge on any atom is 0.261 e. The van der Waals surface area contributed by atoms with Crippen molar-refractivity contribution in [2.24, 2.45) is 5.73 Å². The van der Waals surface area contributed by atoms with Gasteiger partial charge in [-0.1, -0.05) is 15.9 Å². The Morgan fingerprint density at radius 2 is 2.29 bits per heavy atom. The molecule has 110 valence electrons. The van der Waals surface area contributed by atoms with Gasteiger partial charge in [-0.25, -0.2) is 4.98 Å². The first-order valence-corrected chi connectivity index (χ1v) is 7.52. The third kappa shape index (κ3) is 2.84. The monoisotopic (exact) mass is 350 g/mol. The number of likely N-dealkylation sites (tertiary alicyclic amines) is 1. The number of rotatable bonds is 2. The van der Waals surface area contributed by atoms with Crippen molar-refractivity contribution < 1.29 is 4.79 Å². The van der Waals surface area contributed by atoms with E-state index in [1.807, 2.05) is 6.07 Å². The Kier molecular flexibility index (Phi) is 3.77. The van der Waals surface area contributed by atoms with Gasteiger partial charge in [0.15, 0.2) is 0 Å². The summed E-state index contributed by atoms with van der Waals surface area (Å²) in [7, 11) is 0. The molecule has 3 rings (SSSR count).